The van der Waals surface area contributed by atoms with Crippen molar-refractivity contribution in [3.05, 3.63) is 12.4 Å². The Kier molecular flexibility index (Phi) is 5.17. The highest BCUT2D eigenvalue weighted by Crippen LogP contribution is 2.34. The third-order valence-corrected chi connectivity index (χ3v) is 3.97. The van der Waals surface area contributed by atoms with Gasteiger partial charge < -0.3 is 15.8 Å². The lowest BCUT2D eigenvalue weighted by molar-refractivity contribution is 0.263. The lowest BCUT2D eigenvalue weighted by Gasteiger charge is -2.40. The molecule has 2 rings (SSSR count). The molecule has 3 N–H and O–H groups in total. The Labute approximate surface area is 121 Å². The van der Waals surface area contributed by atoms with Crippen LogP contribution in [0.2, 0.25) is 0 Å². The van der Waals surface area contributed by atoms with Gasteiger partial charge in [-0.2, -0.15) is 0 Å². The van der Waals surface area contributed by atoms with Crippen molar-refractivity contribution in [2.75, 3.05) is 18.5 Å². The van der Waals surface area contributed by atoms with E-state index < -0.39 is 0 Å². The zero-order valence-corrected chi connectivity index (χ0v) is 12.6. The van der Waals surface area contributed by atoms with Gasteiger partial charge in [0.2, 0.25) is 5.88 Å². The van der Waals surface area contributed by atoms with Crippen LogP contribution in [0.5, 0.6) is 5.88 Å². The number of nitrogens with two attached hydrogens (primary N) is 1. The summed E-state index contributed by atoms with van der Waals surface area (Å²) in [6, 6.07) is 1.87. The quantitative estimate of drug-likeness (QED) is 0.836. The molecule has 1 aromatic rings. The van der Waals surface area contributed by atoms with Gasteiger partial charge in [-0.05, 0) is 25.2 Å². The van der Waals surface area contributed by atoms with Gasteiger partial charge in [-0.3, -0.25) is 0 Å². The van der Waals surface area contributed by atoms with E-state index in [2.05, 4.69) is 29.1 Å². The van der Waals surface area contributed by atoms with Crippen LogP contribution in [0.15, 0.2) is 12.4 Å². The monoisotopic (exact) mass is 278 g/mol. The van der Waals surface area contributed by atoms with Crippen LogP contribution in [0.1, 0.15) is 46.0 Å². The van der Waals surface area contributed by atoms with Gasteiger partial charge in [0.25, 0.3) is 0 Å². The maximum atomic E-state index is 6.03. The lowest BCUT2D eigenvalue weighted by Crippen LogP contribution is -2.48. The summed E-state index contributed by atoms with van der Waals surface area (Å²) in [5.41, 5.74) is 6.00. The van der Waals surface area contributed by atoms with Crippen LogP contribution < -0.4 is 15.8 Å². The summed E-state index contributed by atoms with van der Waals surface area (Å²) in [5.74, 6) is 2.14. The van der Waals surface area contributed by atoms with Crippen molar-refractivity contribution in [1.29, 1.82) is 0 Å². The molecule has 1 fully saturated rings. The fourth-order valence-electron chi connectivity index (χ4n) is 2.98. The minimum absolute atomic E-state index is 0.0337. The number of anilines is 1. The van der Waals surface area contributed by atoms with Crippen LogP contribution in [0.25, 0.3) is 0 Å². The maximum Gasteiger partial charge on any atom is 0.218 e. The second-order valence-corrected chi connectivity index (χ2v) is 5.90. The number of aromatic nitrogens is 2. The molecule has 5 heteroatoms. The third-order valence-electron chi connectivity index (χ3n) is 3.97. The second-order valence-electron chi connectivity index (χ2n) is 5.90. The van der Waals surface area contributed by atoms with Crippen LogP contribution in [-0.2, 0) is 0 Å². The van der Waals surface area contributed by atoms with Crippen molar-refractivity contribution in [2.24, 2.45) is 11.7 Å². The van der Waals surface area contributed by atoms with Gasteiger partial charge in [0.1, 0.15) is 12.1 Å². The van der Waals surface area contributed by atoms with Crippen LogP contribution >= 0.6 is 0 Å². The molecular formula is C15H26N4O. The molecule has 1 saturated carbocycles. The largest absolute Gasteiger partial charge is 0.478 e. The molecule has 112 valence electrons. The van der Waals surface area contributed by atoms with Gasteiger partial charge in [-0.15, -0.1) is 0 Å². The minimum atomic E-state index is -0.0337. The number of ether oxygens (including phenoxy) is 1. The van der Waals surface area contributed by atoms with E-state index in [0.29, 0.717) is 24.9 Å². The van der Waals surface area contributed by atoms with Crippen molar-refractivity contribution >= 4 is 5.82 Å². The Morgan fingerprint density at radius 3 is 3.05 bits per heavy atom. The van der Waals surface area contributed by atoms with Gasteiger partial charge in [-0.25, -0.2) is 9.97 Å². The van der Waals surface area contributed by atoms with Crippen molar-refractivity contribution in [3.63, 3.8) is 0 Å². The van der Waals surface area contributed by atoms with E-state index >= 15 is 0 Å². The highest BCUT2D eigenvalue weighted by molar-refractivity contribution is 5.40. The number of nitrogens with zero attached hydrogens (tertiary/aromatic N) is 2. The van der Waals surface area contributed by atoms with Crippen molar-refractivity contribution in [2.45, 2.75) is 51.5 Å². The van der Waals surface area contributed by atoms with Crippen molar-refractivity contribution in [1.82, 2.24) is 9.97 Å². The summed E-state index contributed by atoms with van der Waals surface area (Å²) in [5, 5.41) is 3.54. The van der Waals surface area contributed by atoms with E-state index in [9.17, 15) is 0 Å². The zero-order chi connectivity index (χ0) is 14.4. The van der Waals surface area contributed by atoms with Gasteiger partial charge >= 0.3 is 0 Å². The van der Waals surface area contributed by atoms with Crippen molar-refractivity contribution < 1.29 is 4.74 Å². The molecule has 1 aliphatic rings. The molecule has 0 amide bonds. The molecule has 0 aliphatic heterocycles. The summed E-state index contributed by atoms with van der Waals surface area (Å²) in [4.78, 5) is 8.43. The van der Waals surface area contributed by atoms with E-state index in [4.69, 9.17) is 10.5 Å². The van der Waals surface area contributed by atoms with Crippen LogP contribution in [0, 0.1) is 5.92 Å². The molecule has 0 spiro atoms. The van der Waals surface area contributed by atoms with E-state index in [1.807, 2.05) is 6.07 Å². The fourth-order valence-corrected chi connectivity index (χ4v) is 2.98. The highest BCUT2D eigenvalue weighted by atomic mass is 16.5. The molecule has 0 saturated heterocycles. The van der Waals surface area contributed by atoms with Gasteiger partial charge in [0.15, 0.2) is 0 Å². The molecule has 0 aromatic carbocycles. The number of hydrogen-bond donors (Lipinski definition) is 2. The minimum Gasteiger partial charge on any atom is -0.478 e. The zero-order valence-electron chi connectivity index (χ0n) is 12.6. The Morgan fingerprint density at radius 1 is 1.50 bits per heavy atom. The predicted octanol–water partition coefficient (Wildman–Crippen LogP) is 2.58. The molecule has 1 aliphatic carbocycles. The third kappa shape index (κ3) is 3.82. The standard InChI is InChI=1S/C15H26N4O/c1-3-7-20-14-8-13(17-11-18-14)19-15(10-16)6-4-5-12(2)9-15/h8,11-12H,3-7,9-10,16H2,1-2H3,(H,17,18,19). The van der Waals surface area contributed by atoms with Gasteiger partial charge in [0.05, 0.1) is 12.1 Å². The molecule has 1 aromatic heterocycles. The number of rotatable bonds is 6. The molecule has 5 nitrogen and oxygen atoms in total. The van der Waals surface area contributed by atoms with Crippen molar-refractivity contribution in [3.8, 4) is 5.88 Å². The first-order valence-electron chi connectivity index (χ1n) is 7.60. The lowest BCUT2D eigenvalue weighted by atomic mass is 9.76. The highest BCUT2D eigenvalue weighted by Gasteiger charge is 2.33. The first-order chi connectivity index (χ1) is 9.67. The van der Waals surface area contributed by atoms with E-state index in [0.717, 1.165) is 25.1 Å². The summed E-state index contributed by atoms with van der Waals surface area (Å²) < 4.78 is 5.55. The topological polar surface area (TPSA) is 73.1 Å². The summed E-state index contributed by atoms with van der Waals surface area (Å²) in [7, 11) is 0. The van der Waals surface area contributed by atoms with E-state index in [1.54, 1.807) is 6.33 Å². The predicted molar refractivity (Wildman–Crippen MR) is 80.9 cm³/mol. The van der Waals surface area contributed by atoms with Crippen LogP contribution in [0.4, 0.5) is 5.82 Å². The molecule has 1 heterocycles. The van der Waals surface area contributed by atoms with Gasteiger partial charge in [0, 0.05) is 12.6 Å². The smallest absolute Gasteiger partial charge is 0.218 e. The first kappa shape index (κ1) is 15.0. The SMILES string of the molecule is CCCOc1cc(NC2(CN)CCCC(C)C2)ncn1. The Morgan fingerprint density at radius 2 is 2.35 bits per heavy atom. The number of hydrogen-bond acceptors (Lipinski definition) is 5. The molecular weight excluding hydrogens is 252 g/mol. The van der Waals surface area contributed by atoms with E-state index in [1.165, 1.54) is 12.8 Å². The van der Waals surface area contributed by atoms with E-state index in [-0.39, 0.29) is 5.54 Å². The Bertz CT molecular complexity index is 426. The van der Waals surface area contributed by atoms with Crippen LogP contribution in [-0.4, -0.2) is 28.7 Å². The summed E-state index contributed by atoms with van der Waals surface area (Å²) in [6.07, 6.45) is 7.22. The Balaban J connectivity index is 2.07. The number of nitrogens with one attached hydrogen (secondary N) is 1. The van der Waals surface area contributed by atoms with Crippen LogP contribution in [0.3, 0.4) is 0 Å². The van der Waals surface area contributed by atoms with Gasteiger partial charge in [-0.1, -0.05) is 26.7 Å². The fraction of sp³-hybridized carbons (Fsp3) is 0.733. The Hall–Kier alpha value is -1.36. The molecule has 0 radical (unpaired) electrons. The summed E-state index contributed by atoms with van der Waals surface area (Å²) >= 11 is 0. The molecule has 2 unspecified atom stereocenters. The molecule has 0 bridgehead atoms. The second kappa shape index (κ2) is 6.88. The normalized spacial score (nSPS) is 26.2. The summed E-state index contributed by atoms with van der Waals surface area (Å²) in [6.45, 7) is 5.68. The molecule has 20 heavy (non-hydrogen) atoms. The first-order valence-corrected chi connectivity index (χ1v) is 7.60. The average molecular weight is 278 g/mol. The maximum absolute atomic E-state index is 6.03. The molecule has 2 atom stereocenters. The average Bonchev–Trinajstić information content (AvgIpc) is 2.45.